The van der Waals surface area contributed by atoms with Gasteiger partial charge in [0.2, 0.25) is 6.41 Å². The van der Waals surface area contributed by atoms with Crippen LogP contribution >= 0.6 is 0 Å². The summed E-state index contributed by atoms with van der Waals surface area (Å²) in [5.41, 5.74) is -2.23. The maximum Gasteiger partial charge on any atom is 0.416 e. The molecule has 0 aliphatic rings. The molecule has 5 nitrogen and oxygen atoms in total. The number of anilines is 1. The second kappa shape index (κ2) is 4.17. The molecular formula is C8H5F3N2O3. The minimum atomic E-state index is -4.66. The van der Waals surface area contributed by atoms with Crippen LogP contribution in [0.1, 0.15) is 5.56 Å². The first-order valence-electron chi connectivity index (χ1n) is 3.92. The lowest BCUT2D eigenvalue weighted by Crippen LogP contribution is -2.07. The predicted octanol–water partition coefficient (Wildman–Crippen LogP) is 2.18. The van der Waals surface area contributed by atoms with Crippen LogP contribution in [0.2, 0.25) is 0 Å². The number of rotatable bonds is 3. The third-order valence-electron chi connectivity index (χ3n) is 1.74. The molecule has 0 saturated carbocycles. The standard InChI is InChI=1S/C8H5F3N2O3/c9-8(10,11)5-1-2-6(12-4-14)7(3-5)13(15)16/h1-4H,(H,12,14). The number of hydrogen-bond acceptors (Lipinski definition) is 3. The van der Waals surface area contributed by atoms with Gasteiger partial charge in [-0.25, -0.2) is 0 Å². The number of carbonyl (C=O) groups is 1. The van der Waals surface area contributed by atoms with Crippen molar-refractivity contribution in [1.29, 1.82) is 0 Å². The zero-order valence-electron chi connectivity index (χ0n) is 7.62. The number of hydrogen-bond donors (Lipinski definition) is 1. The Balaban J connectivity index is 3.28. The first-order chi connectivity index (χ1) is 7.36. The number of benzene rings is 1. The summed E-state index contributed by atoms with van der Waals surface area (Å²) in [6.45, 7) is 0. The Morgan fingerprint density at radius 2 is 2.00 bits per heavy atom. The second-order valence-electron chi connectivity index (χ2n) is 2.75. The van der Waals surface area contributed by atoms with Gasteiger partial charge in [-0.15, -0.1) is 0 Å². The molecule has 0 bridgehead atoms. The molecule has 1 N–H and O–H groups in total. The first-order valence-corrected chi connectivity index (χ1v) is 3.92. The van der Waals surface area contributed by atoms with Crippen LogP contribution in [0.25, 0.3) is 0 Å². The van der Waals surface area contributed by atoms with E-state index in [2.05, 4.69) is 0 Å². The van der Waals surface area contributed by atoms with E-state index in [4.69, 9.17) is 0 Å². The first kappa shape index (κ1) is 12.0. The fraction of sp³-hybridized carbons (Fsp3) is 0.125. The van der Waals surface area contributed by atoms with Crippen LogP contribution in [-0.2, 0) is 11.0 Å². The third-order valence-corrected chi connectivity index (χ3v) is 1.74. The van der Waals surface area contributed by atoms with Crippen molar-refractivity contribution >= 4 is 17.8 Å². The Labute approximate surface area is 87.0 Å². The van der Waals surface area contributed by atoms with Gasteiger partial charge in [0, 0.05) is 6.07 Å². The third kappa shape index (κ3) is 2.47. The predicted molar refractivity (Wildman–Crippen MR) is 47.8 cm³/mol. The van der Waals surface area contributed by atoms with Gasteiger partial charge in [-0.1, -0.05) is 0 Å². The Morgan fingerprint density at radius 3 is 2.44 bits per heavy atom. The summed E-state index contributed by atoms with van der Waals surface area (Å²) in [6.07, 6.45) is -4.51. The molecule has 1 aromatic carbocycles. The van der Waals surface area contributed by atoms with Crippen LogP contribution in [0.5, 0.6) is 0 Å². The molecule has 0 spiro atoms. The van der Waals surface area contributed by atoms with Crippen LogP contribution in [0.15, 0.2) is 18.2 Å². The van der Waals surface area contributed by atoms with Crippen LogP contribution in [0, 0.1) is 10.1 Å². The lowest BCUT2D eigenvalue weighted by Gasteiger charge is -2.07. The van der Waals surface area contributed by atoms with Crippen molar-refractivity contribution in [3.63, 3.8) is 0 Å². The maximum absolute atomic E-state index is 12.2. The van der Waals surface area contributed by atoms with Crippen molar-refractivity contribution in [2.75, 3.05) is 5.32 Å². The normalized spacial score (nSPS) is 10.9. The quantitative estimate of drug-likeness (QED) is 0.495. The number of nitrogens with one attached hydrogen (secondary N) is 1. The van der Waals surface area contributed by atoms with E-state index in [-0.39, 0.29) is 12.1 Å². The molecule has 1 amide bonds. The minimum absolute atomic E-state index is 0.148. The average molecular weight is 234 g/mol. The number of amides is 1. The van der Waals surface area contributed by atoms with E-state index in [9.17, 15) is 28.1 Å². The molecule has 0 saturated heterocycles. The van der Waals surface area contributed by atoms with Gasteiger partial charge < -0.3 is 5.32 Å². The molecule has 0 aliphatic heterocycles. The Bertz CT molecular complexity index is 431. The van der Waals surface area contributed by atoms with Crippen LogP contribution in [0.3, 0.4) is 0 Å². The molecule has 0 aromatic heterocycles. The summed E-state index contributed by atoms with van der Waals surface area (Å²) in [5, 5.41) is 12.4. The molecular weight excluding hydrogens is 229 g/mol. The summed E-state index contributed by atoms with van der Waals surface area (Å²) in [5.74, 6) is 0. The summed E-state index contributed by atoms with van der Waals surface area (Å²) in [7, 11) is 0. The second-order valence-corrected chi connectivity index (χ2v) is 2.75. The van der Waals surface area contributed by atoms with Gasteiger partial charge in [-0.3, -0.25) is 14.9 Å². The van der Waals surface area contributed by atoms with E-state index in [0.717, 1.165) is 6.07 Å². The van der Waals surface area contributed by atoms with E-state index in [1.54, 1.807) is 0 Å². The molecule has 0 unspecified atom stereocenters. The van der Waals surface area contributed by atoms with Gasteiger partial charge in [0.05, 0.1) is 10.5 Å². The summed E-state index contributed by atoms with van der Waals surface area (Å²) in [6, 6.07) is 1.85. The van der Waals surface area contributed by atoms with E-state index < -0.39 is 22.4 Å². The lowest BCUT2D eigenvalue weighted by atomic mass is 10.1. The lowest BCUT2D eigenvalue weighted by molar-refractivity contribution is -0.384. The monoisotopic (exact) mass is 234 g/mol. The number of nitro benzene ring substituents is 1. The smallest absolute Gasteiger partial charge is 0.323 e. The highest BCUT2D eigenvalue weighted by Crippen LogP contribution is 2.34. The number of carbonyl (C=O) groups excluding carboxylic acids is 1. The molecule has 1 rings (SSSR count). The molecule has 0 fully saturated rings. The summed E-state index contributed by atoms with van der Waals surface area (Å²) >= 11 is 0. The van der Waals surface area contributed by atoms with Gasteiger partial charge in [0.25, 0.3) is 5.69 Å². The van der Waals surface area contributed by atoms with Gasteiger partial charge in [0.15, 0.2) is 0 Å². The highest BCUT2D eigenvalue weighted by atomic mass is 19.4. The van der Waals surface area contributed by atoms with Crippen LogP contribution in [-0.4, -0.2) is 11.3 Å². The van der Waals surface area contributed by atoms with Crippen molar-refractivity contribution < 1.29 is 22.9 Å². The zero-order chi connectivity index (χ0) is 12.3. The fourth-order valence-electron chi connectivity index (χ4n) is 1.04. The number of halogens is 3. The van der Waals surface area contributed by atoms with E-state index in [0.29, 0.717) is 12.1 Å². The van der Waals surface area contributed by atoms with E-state index in [1.165, 1.54) is 0 Å². The highest BCUT2D eigenvalue weighted by molar-refractivity contribution is 5.77. The van der Waals surface area contributed by atoms with Gasteiger partial charge in [-0.05, 0) is 12.1 Å². The van der Waals surface area contributed by atoms with Crippen molar-refractivity contribution in [3.8, 4) is 0 Å². The van der Waals surface area contributed by atoms with Crippen molar-refractivity contribution in [2.24, 2.45) is 0 Å². The molecule has 0 heterocycles. The SMILES string of the molecule is O=CNc1ccc(C(F)(F)F)cc1[N+](=O)[O-]. The summed E-state index contributed by atoms with van der Waals surface area (Å²) in [4.78, 5) is 19.5. The molecule has 0 radical (unpaired) electrons. The molecule has 16 heavy (non-hydrogen) atoms. The molecule has 8 heteroatoms. The van der Waals surface area contributed by atoms with Crippen LogP contribution in [0.4, 0.5) is 24.5 Å². The van der Waals surface area contributed by atoms with Gasteiger partial charge in [-0.2, -0.15) is 13.2 Å². The molecule has 86 valence electrons. The van der Waals surface area contributed by atoms with Crippen LogP contribution < -0.4 is 5.32 Å². The summed E-state index contributed by atoms with van der Waals surface area (Å²) < 4.78 is 36.7. The number of nitrogens with zero attached hydrogens (tertiary/aromatic N) is 1. The topological polar surface area (TPSA) is 72.2 Å². The Morgan fingerprint density at radius 1 is 1.38 bits per heavy atom. The number of alkyl halides is 3. The largest absolute Gasteiger partial charge is 0.416 e. The van der Waals surface area contributed by atoms with Crippen molar-refractivity contribution in [1.82, 2.24) is 0 Å². The minimum Gasteiger partial charge on any atom is -0.323 e. The maximum atomic E-state index is 12.2. The van der Waals surface area contributed by atoms with Gasteiger partial charge in [0.1, 0.15) is 5.69 Å². The van der Waals surface area contributed by atoms with E-state index >= 15 is 0 Å². The van der Waals surface area contributed by atoms with Gasteiger partial charge >= 0.3 is 6.18 Å². The van der Waals surface area contributed by atoms with Crippen molar-refractivity contribution in [2.45, 2.75) is 6.18 Å². The Kier molecular flexibility index (Phi) is 3.11. The molecule has 0 atom stereocenters. The number of nitro groups is 1. The van der Waals surface area contributed by atoms with Crippen molar-refractivity contribution in [3.05, 3.63) is 33.9 Å². The van der Waals surface area contributed by atoms with E-state index in [1.807, 2.05) is 5.32 Å². The fourth-order valence-corrected chi connectivity index (χ4v) is 1.04. The molecule has 1 aromatic rings. The molecule has 0 aliphatic carbocycles. The Hall–Kier alpha value is -2.12. The highest BCUT2D eigenvalue weighted by Gasteiger charge is 2.32. The zero-order valence-corrected chi connectivity index (χ0v) is 7.62. The average Bonchev–Trinajstić information content (AvgIpc) is 2.16.